The van der Waals surface area contributed by atoms with E-state index in [4.69, 9.17) is 0 Å². The van der Waals surface area contributed by atoms with Gasteiger partial charge in [-0.15, -0.1) is 10.8 Å². The van der Waals surface area contributed by atoms with E-state index in [0.29, 0.717) is 22.3 Å². The molecule has 1 aliphatic rings. The lowest BCUT2D eigenvalue weighted by Gasteiger charge is -2.33. The molecule has 0 bridgehead atoms. The number of carbonyl (C=O) groups excluding carboxylic acids is 1. The number of aromatic amines is 1. The fourth-order valence-electron chi connectivity index (χ4n) is 3.55. The maximum Gasteiger partial charge on any atom is 0.405 e. The Morgan fingerprint density at radius 1 is 1.30 bits per heavy atom. The molecule has 9 nitrogen and oxygen atoms in total. The van der Waals surface area contributed by atoms with Gasteiger partial charge in [-0.2, -0.15) is 0 Å². The van der Waals surface area contributed by atoms with E-state index in [9.17, 15) is 23.8 Å². The van der Waals surface area contributed by atoms with Crippen molar-refractivity contribution in [1.29, 1.82) is 0 Å². The first-order valence-corrected chi connectivity index (χ1v) is 11.4. The van der Waals surface area contributed by atoms with Crippen molar-refractivity contribution in [2.24, 2.45) is 0 Å². The van der Waals surface area contributed by atoms with E-state index in [2.05, 4.69) is 35.9 Å². The van der Waals surface area contributed by atoms with Crippen molar-refractivity contribution in [1.82, 2.24) is 20.0 Å². The molecule has 1 saturated heterocycles. The summed E-state index contributed by atoms with van der Waals surface area (Å²) in [5.41, 5.74) is 2.96. The molecule has 0 aliphatic carbocycles. The van der Waals surface area contributed by atoms with Crippen LogP contribution in [0.4, 0.5) is 4.79 Å². The van der Waals surface area contributed by atoms with E-state index in [1.807, 2.05) is 24.3 Å². The highest BCUT2D eigenvalue weighted by atomic mass is 79.9. The number of aromatic nitrogens is 2. The Morgan fingerprint density at radius 2 is 2.07 bits per heavy atom. The van der Waals surface area contributed by atoms with Crippen molar-refractivity contribution in [3.63, 3.8) is 0 Å². The normalized spacial score (nSPS) is 20.0. The second kappa shape index (κ2) is 7.91. The van der Waals surface area contributed by atoms with Crippen LogP contribution in [0.1, 0.15) is 34.7 Å². The van der Waals surface area contributed by atoms with E-state index in [0.717, 1.165) is 16.6 Å². The van der Waals surface area contributed by atoms with E-state index in [1.54, 1.807) is 18.2 Å². The molecule has 3 aromatic rings. The van der Waals surface area contributed by atoms with Crippen LogP contribution < -0.4 is 10.0 Å². The van der Waals surface area contributed by atoms with Gasteiger partial charge in [-0.05, 0) is 29.3 Å². The highest BCUT2D eigenvalue weighted by Gasteiger charge is 2.39. The fourth-order valence-corrected chi connectivity index (χ4v) is 5.91. The van der Waals surface area contributed by atoms with Crippen LogP contribution in [-0.4, -0.2) is 36.2 Å². The van der Waals surface area contributed by atoms with Crippen LogP contribution in [0.25, 0.3) is 11.0 Å². The summed E-state index contributed by atoms with van der Waals surface area (Å²) in [5.74, 6) is 0.0881. The molecule has 0 saturated carbocycles. The summed E-state index contributed by atoms with van der Waals surface area (Å²) in [4.78, 5) is 30.6. The number of para-hydroxylation sites is 2. The number of nitrogens with one attached hydrogen (secondary N) is 3. The molecule has 2 amide bonds. The summed E-state index contributed by atoms with van der Waals surface area (Å²) in [6, 6.07) is 12.1. The number of H-pyrrole nitrogens is 1. The molecular formula is C19H19BrN4O5S. The van der Waals surface area contributed by atoms with Crippen LogP contribution in [0.5, 0.6) is 0 Å². The van der Waals surface area contributed by atoms with Crippen LogP contribution >= 0.6 is 26.7 Å². The molecule has 2 atom stereocenters. The summed E-state index contributed by atoms with van der Waals surface area (Å²) in [5, 5.41) is 11.0. The number of carbonyl (C=O) groups is 2. The summed E-state index contributed by atoms with van der Waals surface area (Å²) >= 11 is 3.45. The molecule has 1 aromatic heterocycles. The van der Waals surface area contributed by atoms with E-state index < -0.39 is 34.1 Å². The summed E-state index contributed by atoms with van der Waals surface area (Å²) in [6.07, 6.45) is -0.855. The molecule has 1 fully saturated rings. The van der Waals surface area contributed by atoms with Crippen LogP contribution in [-0.2, 0) is 11.2 Å². The van der Waals surface area contributed by atoms with E-state index in [-0.39, 0.29) is 6.42 Å². The number of halogens is 1. The predicted octanol–water partition coefficient (Wildman–Crippen LogP) is 4.10. The van der Waals surface area contributed by atoms with Crippen molar-refractivity contribution < 1.29 is 23.8 Å². The topological polar surface area (TPSA) is 148 Å². The third-order valence-corrected chi connectivity index (χ3v) is 7.35. The maximum absolute atomic E-state index is 11.6. The first-order valence-electron chi connectivity index (χ1n) is 9.03. The monoisotopic (exact) mass is 494 g/mol. The van der Waals surface area contributed by atoms with Gasteiger partial charge in [-0.25, -0.2) is 9.78 Å². The summed E-state index contributed by atoms with van der Waals surface area (Å²) in [7, 11) is -3.26. The average Bonchev–Trinajstić information content (AvgIpc) is 3.20. The molecule has 30 heavy (non-hydrogen) atoms. The molecule has 11 heteroatoms. The zero-order valence-corrected chi connectivity index (χ0v) is 17.9. The van der Waals surface area contributed by atoms with Gasteiger partial charge in [0.15, 0.2) is 0 Å². The van der Waals surface area contributed by atoms with Crippen LogP contribution in [0.3, 0.4) is 0 Å². The Kier molecular flexibility index (Phi) is 5.45. The third-order valence-electron chi connectivity index (χ3n) is 4.92. The molecule has 6 N–H and O–H groups in total. The molecule has 0 radical (unpaired) electrons. The lowest BCUT2D eigenvalue weighted by Crippen LogP contribution is -2.29. The highest BCUT2D eigenvalue weighted by molar-refractivity contribution is 9.10. The molecule has 2 heterocycles. The minimum absolute atomic E-state index is 0.0114. The number of hydrogen-bond acceptors (Lipinski definition) is 5. The van der Waals surface area contributed by atoms with Crippen LogP contribution in [0.2, 0.25) is 0 Å². The fraction of sp³-hybridized carbons (Fsp3) is 0.211. The Balaban J connectivity index is 1.61. The van der Waals surface area contributed by atoms with Crippen LogP contribution in [0.15, 0.2) is 46.9 Å². The standard InChI is InChI=1S/C19H19BrN4O5S/c20-12-7-10(5-6-11(12)16-9-17(25)24-30(16,28)29)8-15(23-19(26)27)18-21-13-3-1-2-4-14(13)22-18/h1-7,15-16,23,28-29H,8-9H2,(H,21,22)(H,24,25)(H,26,27)/t15-,16?/m0/s1. The number of hydrogen-bond donors (Lipinski definition) is 6. The Labute approximate surface area is 181 Å². The van der Waals surface area contributed by atoms with E-state index in [1.165, 1.54) is 0 Å². The maximum atomic E-state index is 11.6. The Morgan fingerprint density at radius 3 is 2.70 bits per heavy atom. The van der Waals surface area contributed by atoms with Gasteiger partial charge < -0.3 is 15.4 Å². The largest absolute Gasteiger partial charge is 0.465 e. The van der Waals surface area contributed by atoms with Gasteiger partial charge in [0.05, 0.1) is 23.5 Å². The predicted molar refractivity (Wildman–Crippen MR) is 116 cm³/mol. The quantitative estimate of drug-likeness (QED) is 0.314. The summed E-state index contributed by atoms with van der Waals surface area (Å²) in [6.45, 7) is 0. The average molecular weight is 495 g/mol. The number of nitrogens with zero attached hydrogens (tertiary/aromatic N) is 1. The SMILES string of the molecule is O=C(O)N[C@@H](Cc1ccc(C2CC(=O)NS2(O)O)c(Br)c1)c1nc2ccccc2[nH]1. The first-order chi connectivity index (χ1) is 14.2. The zero-order chi connectivity index (χ0) is 21.5. The van der Waals surface area contributed by atoms with Crippen molar-refractivity contribution in [3.8, 4) is 0 Å². The van der Waals surface area contributed by atoms with Crippen molar-refractivity contribution in [2.45, 2.75) is 24.1 Å². The molecule has 158 valence electrons. The van der Waals surface area contributed by atoms with Gasteiger partial charge >= 0.3 is 6.09 Å². The highest BCUT2D eigenvalue weighted by Crippen LogP contribution is 2.57. The van der Waals surface area contributed by atoms with Crippen LogP contribution in [0, 0.1) is 0 Å². The minimum Gasteiger partial charge on any atom is -0.465 e. The first kappa shape index (κ1) is 20.7. The molecular weight excluding hydrogens is 476 g/mol. The number of amides is 2. The number of imidazole rings is 1. The lowest BCUT2D eigenvalue weighted by molar-refractivity contribution is -0.118. The third kappa shape index (κ3) is 4.15. The van der Waals surface area contributed by atoms with Gasteiger partial charge in [-0.3, -0.25) is 18.6 Å². The molecule has 2 aromatic carbocycles. The van der Waals surface area contributed by atoms with Crippen molar-refractivity contribution >= 4 is 49.7 Å². The van der Waals surface area contributed by atoms with Gasteiger partial charge in [0, 0.05) is 10.9 Å². The minimum atomic E-state index is -3.26. The van der Waals surface area contributed by atoms with Gasteiger partial charge in [0.25, 0.3) is 0 Å². The second-order valence-electron chi connectivity index (χ2n) is 7.01. The molecule has 0 spiro atoms. The van der Waals surface area contributed by atoms with Crippen molar-refractivity contribution in [2.75, 3.05) is 0 Å². The van der Waals surface area contributed by atoms with E-state index >= 15 is 0 Å². The molecule has 1 unspecified atom stereocenters. The Bertz CT molecular complexity index is 1100. The summed E-state index contributed by atoms with van der Waals surface area (Å²) < 4.78 is 23.1. The smallest absolute Gasteiger partial charge is 0.405 e. The number of carboxylic acid groups (broad SMARTS) is 1. The van der Waals surface area contributed by atoms with Crippen molar-refractivity contribution in [3.05, 3.63) is 63.9 Å². The molecule has 4 rings (SSSR count). The van der Waals surface area contributed by atoms with Gasteiger partial charge in [-0.1, -0.05) is 40.2 Å². The van der Waals surface area contributed by atoms with Gasteiger partial charge in [0.1, 0.15) is 11.1 Å². The number of fused-ring (bicyclic) bond motifs is 1. The zero-order valence-electron chi connectivity index (χ0n) is 15.5. The number of benzene rings is 2. The second-order valence-corrected chi connectivity index (χ2v) is 9.83. The Hall–Kier alpha value is -2.60. The molecule has 1 aliphatic heterocycles. The van der Waals surface area contributed by atoms with Gasteiger partial charge in [0.2, 0.25) is 5.91 Å². The lowest BCUT2D eigenvalue weighted by atomic mass is 10.0. The number of rotatable bonds is 5.